The van der Waals surface area contributed by atoms with E-state index in [0.717, 1.165) is 11.8 Å². The second kappa shape index (κ2) is 4.81. The molecule has 0 aromatic rings. The van der Waals surface area contributed by atoms with Crippen LogP contribution in [0.5, 0.6) is 0 Å². The Hall–Kier alpha value is 0.177. The Morgan fingerprint density at radius 3 is 2.19 bits per heavy atom. The molecule has 0 saturated heterocycles. The monoisotopic (exact) mass is 242 g/mol. The van der Waals surface area contributed by atoms with Gasteiger partial charge in [-0.2, -0.15) is 0 Å². The Morgan fingerprint density at radius 1 is 1.25 bits per heavy atom. The fourth-order valence-electron chi connectivity index (χ4n) is 3.07. The van der Waals surface area contributed by atoms with Crippen LogP contribution in [-0.4, -0.2) is 21.3 Å². The third-order valence-corrected chi connectivity index (χ3v) is 9.20. The first kappa shape index (κ1) is 14.2. The molecular formula is C14H30OSi. The van der Waals surface area contributed by atoms with Crippen LogP contribution in [0.2, 0.25) is 24.7 Å². The fourth-order valence-corrected chi connectivity index (χ4v) is 4.78. The Kier molecular flexibility index (Phi) is 4.28. The van der Waals surface area contributed by atoms with Crippen molar-refractivity contribution in [3.63, 3.8) is 0 Å². The number of hydrogen-bond donors (Lipinski definition) is 0. The largest absolute Gasteiger partial charge is 0.381 e. The minimum Gasteiger partial charge on any atom is -0.381 e. The van der Waals surface area contributed by atoms with Crippen molar-refractivity contribution in [3.8, 4) is 0 Å². The van der Waals surface area contributed by atoms with Crippen LogP contribution in [0.3, 0.4) is 0 Å². The van der Waals surface area contributed by atoms with Crippen LogP contribution in [0, 0.1) is 11.8 Å². The van der Waals surface area contributed by atoms with Gasteiger partial charge in [0.1, 0.15) is 0 Å². The summed E-state index contributed by atoms with van der Waals surface area (Å²) in [5.74, 6) is 1.53. The summed E-state index contributed by atoms with van der Waals surface area (Å²) in [7, 11) is 0.816. The maximum absolute atomic E-state index is 5.78. The predicted octanol–water partition coefficient (Wildman–Crippen LogP) is 4.56. The number of ether oxygens (including phenoxy) is 1. The minimum atomic E-state index is -1.08. The highest BCUT2D eigenvalue weighted by atomic mass is 28.3. The topological polar surface area (TPSA) is 9.23 Å². The SMILES string of the molecule is COC1CC(C)([Si](C)(C)C)CCC1C(C)C. The van der Waals surface area contributed by atoms with Crippen LogP contribution < -0.4 is 0 Å². The van der Waals surface area contributed by atoms with Crippen molar-refractivity contribution < 1.29 is 4.74 Å². The number of hydrogen-bond acceptors (Lipinski definition) is 1. The molecule has 0 radical (unpaired) electrons. The van der Waals surface area contributed by atoms with E-state index in [9.17, 15) is 0 Å². The van der Waals surface area contributed by atoms with Gasteiger partial charge in [0.05, 0.1) is 14.2 Å². The highest BCUT2D eigenvalue weighted by Crippen LogP contribution is 2.53. The molecule has 1 saturated carbocycles. The highest BCUT2D eigenvalue weighted by molar-refractivity contribution is 6.79. The van der Waals surface area contributed by atoms with Gasteiger partial charge in [0.2, 0.25) is 0 Å². The van der Waals surface area contributed by atoms with Crippen LogP contribution in [-0.2, 0) is 4.74 Å². The Bertz CT molecular complexity index is 231. The first-order chi connectivity index (χ1) is 7.21. The van der Waals surface area contributed by atoms with Crippen LogP contribution >= 0.6 is 0 Å². The van der Waals surface area contributed by atoms with Crippen LogP contribution in [0.1, 0.15) is 40.0 Å². The van der Waals surface area contributed by atoms with Crippen molar-refractivity contribution in [2.45, 2.75) is 70.8 Å². The molecule has 0 bridgehead atoms. The molecule has 0 spiro atoms. The molecule has 0 amide bonds. The van der Waals surface area contributed by atoms with Gasteiger partial charge in [-0.15, -0.1) is 0 Å². The molecule has 2 heteroatoms. The van der Waals surface area contributed by atoms with Gasteiger partial charge in [0, 0.05) is 7.11 Å². The molecule has 0 aromatic heterocycles. The van der Waals surface area contributed by atoms with E-state index in [0.29, 0.717) is 11.1 Å². The van der Waals surface area contributed by atoms with E-state index >= 15 is 0 Å². The van der Waals surface area contributed by atoms with Gasteiger partial charge in [-0.3, -0.25) is 0 Å². The lowest BCUT2D eigenvalue weighted by molar-refractivity contribution is -0.00791. The summed E-state index contributed by atoms with van der Waals surface area (Å²) in [4.78, 5) is 0. The summed E-state index contributed by atoms with van der Waals surface area (Å²) in [5, 5.41) is 0.569. The van der Waals surface area contributed by atoms with Gasteiger partial charge in [-0.25, -0.2) is 0 Å². The Morgan fingerprint density at radius 2 is 1.81 bits per heavy atom. The first-order valence-corrected chi connectivity index (χ1v) is 10.2. The maximum Gasteiger partial charge on any atom is 0.0604 e. The van der Waals surface area contributed by atoms with E-state index in [1.165, 1.54) is 19.3 Å². The molecule has 1 aliphatic rings. The molecule has 0 aromatic carbocycles. The summed E-state index contributed by atoms with van der Waals surface area (Å²) in [6.45, 7) is 14.7. The summed E-state index contributed by atoms with van der Waals surface area (Å²) < 4.78 is 5.78. The molecule has 3 unspecified atom stereocenters. The van der Waals surface area contributed by atoms with Crippen LogP contribution in [0.25, 0.3) is 0 Å². The van der Waals surface area contributed by atoms with E-state index < -0.39 is 8.07 Å². The second-order valence-electron chi connectivity index (χ2n) is 7.24. The standard InChI is InChI=1S/C14H30OSi/c1-11(2)12-8-9-14(3,16(5,6)7)10-13(12)15-4/h11-13H,8-10H2,1-7H3. The fraction of sp³-hybridized carbons (Fsp3) is 1.00. The lowest BCUT2D eigenvalue weighted by Gasteiger charge is -2.49. The van der Waals surface area contributed by atoms with Gasteiger partial charge in [-0.1, -0.05) is 40.4 Å². The minimum absolute atomic E-state index is 0.491. The number of rotatable bonds is 3. The first-order valence-electron chi connectivity index (χ1n) is 6.74. The van der Waals surface area contributed by atoms with Gasteiger partial charge in [0.15, 0.2) is 0 Å². The maximum atomic E-state index is 5.78. The smallest absolute Gasteiger partial charge is 0.0604 e. The molecular weight excluding hydrogens is 212 g/mol. The summed E-state index contributed by atoms with van der Waals surface area (Å²) >= 11 is 0. The molecule has 96 valence electrons. The zero-order valence-electron chi connectivity index (χ0n) is 12.3. The Labute approximate surface area is 103 Å². The molecule has 16 heavy (non-hydrogen) atoms. The normalized spacial score (nSPS) is 36.8. The van der Waals surface area contributed by atoms with Crippen LogP contribution in [0.15, 0.2) is 0 Å². The van der Waals surface area contributed by atoms with Crippen molar-refractivity contribution in [1.82, 2.24) is 0 Å². The Balaban J connectivity index is 2.80. The molecule has 0 heterocycles. The van der Waals surface area contributed by atoms with E-state index in [-0.39, 0.29) is 0 Å². The molecule has 1 fully saturated rings. The number of methoxy groups -OCH3 is 1. The highest BCUT2D eigenvalue weighted by Gasteiger charge is 2.46. The second-order valence-corrected chi connectivity index (χ2v) is 12.9. The third kappa shape index (κ3) is 2.70. The van der Waals surface area contributed by atoms with Gasteiger partial charge in [0.25, 0.3) is 0 Å². The predicted molar refractivity (Wildman–Crippen MR) is 74.7 cm³/mol. The van der Waals surface area contributed by atoms with E-state index in [1.54, 1.807) is 0 Å². The molecule has 1 nitrogen and oxygen atoms in total. The van der Waals surface area contributed by atoms with Crippen molar-refractivity contribution in [1.29, 1.82) is 0 Å². The quantitative estimate of drug-likeness (QED) is 0.659. The van der Waals surface area contributed by atoms with Gasteiger partial charge in [-0.05, 0) is 36.1 Å². The van der Waals surface area contributed by atoms with Crippen molar-refractivity contribution in [2.75, 3.05) is 7.11 Å². The molecule has 1 aliphatic carbocycles. The zero-order chi connectivity index (χ0) is 12.6. The summed E-state index contributed by atoms with van der Waals surface area (Å²) in [6, 6.07) is 0. The van der Waals surface area contributed by atoms with E-state index in [2.05, 4.69) is 40.4 Å². The van der Waals surface area contributed by atoms with Crippen molar-refractivity contribution >= 4 is 8.07 Å². The van der Waals surface area contributed by atoms with Crippen LogP contribution in [0.4, 0.5) is 0 Å². The summed E-state index contributed by atoms with van der Waals surface area (Å²) in [6.07, 6.45) is 4.54. The van der Waals surface area contributed by atoms with Gasteiger partial charge < -0.3 is 4.74 Å². The molecule has 0 aliphatic heterocycles. The lowest BCUT2D eigenvalue weighted by atomic mass is 9.75. The lowest BCUT2D eigenvalue weighted by Crippen LogP contribution is -2.46. The van der Waals surface area contributed by atoms with Crippen molar-refractivity contribution in [3.05, 3.63) is 0 Å². The molecule has 3 atom stereocenters. The van der Waals surface area contributed by atoms with E-state index in [1.807, 2.05) is 7.11 Å². The van der Waals surface area contributed by atoms with E-state index in [4.69, 9.17) is 4.74 Å². The zero-order valence-corrected chi connectivity index (χ0v) is 13.3. The molecule has 0 N–H and O–H groups in total. The summed E-state index contributed by atoms with van der Waals surface area (Å²) in [5.41, 5.74) is 0. The average molecular weight is 242 g/mol. The van der Waals surface area contributed by atoms with Gasteiger partial charge >= 0.3 is 0 Å². The van der Waals surface area contributed by atoms with Crippen molar-refractivity contribution in [2.24, 2.45) is 11.8 Å². The third-order valence-electron chi connectivity index (χ3n) is 5.13. The average Bonchev–Trinajstić information content (AvgIpc) is 2.15. The molecule has 1 rings (SSSR count).